The summed E-state index contributed by atoms with van der Waals surface area (Å²) in [5.41, 5.74) is 1.28. The summed E-state index contributed by atoms with van der Waals surface area (Å²) in [6.07, 6.45) is 10.2. The SMILES string of the molecule is O=C(NCc1ccccn1)[C@H]1CCCN(C2CCN(C(=O)c3cnccn3)CC2)C1. The van der Waals surface area contributed by atoms with Crippen LogP contribution in [0.4, 0.5) is 0 Å². The van der Waals surface area contributed by atoms with Crippen molar-refractivity contribution in [3.05, 3.63) is 54.4 Å². The molecule has 2 amide bonds. The zero-order valence-electron chi connectivity index (χ0n) is 17.1. The Morgan fingerprint density at radius 3 is 2.63 bits per heavy atom. The molecular formula is C22H28N6O2. The first-order valence-electron chi connectivity index (χ1n) is 10.7. The second-order valence-corrected chi connectivity index (χ2v) is 7.99. The highest BCUT2D eigenvalue weighted by Crippen LogP contribution is 2.24. The highest BCUT2D eigenvalue weighted by atomic mass is 16.2. The molecule has 4 heterocycles. The first-order valence-corrected chi connectivity index (χ1v) is 10.7. The van der Waals surface area contributed by atoms with Crippen molar-refractivity contribution in [3.63, 3.8) is 0 Å². The Balaban J connectivity index is 1.26. The lowest BCUT2D eigenvalue weighted by molar-refractivity contribution is -0.127. The molecule has 0 aromatic carbocycles. The Morgan fingerprint density at radius 1 is 1.03 bits per heavy atom. The lowest BCUT2D eigenvalue weighted by Gasteiger charge is -2.42. The average molecular weight is 409 g/mol. The van der Waals surface area contributed by atoms with Gasteiger partial charge in [0, 0.05) is 44.3 Å². The summed E-state index contributed by atoms with van der Waals surface area (Å²) in [5.74, 6) is 0.0781. The second-order valence-electron chi connectivity index (χ2n) is 7.99. The highest BCUT2D eigenvalue weighted by Gasteiger charge is 2.32. The van der Waals surface area contributed by atoms with Crippen molar-refractivity contribution in [1.82, 2.24) is 30.1 Å². The molecule has 0 aliphatic carbocycles. The molecule has 0 bridgehead atoms. The van der Waals surface area contributed by atoms with Crippen LogP contribution in [-0.2, 0) is 11.3 Å². The van der Waals surface area contributed by atoms with Crippen LogP contribution >= 0.6 is 0 Å². The minimum absolute atomic E-state index is 0.0155. The smallest absolute Gasteiger partial charge is 0.274 e. The molecule has 30 heavy (non-hydrogen) atoms. The fraction of sp³-hybridized carbons (Fsp3) is 0.500. The molecule has 0 saturated carbocycles. The van der Waals surface area contributed by atoms with E-state index in [0.717, 1.165) is 44.5 Å². The number of hydrogen-bond donors (Lipinski definition) is 1. The van der Waals surface area contributed by atoms with Crippen molar-refractivity contribution in [1.29, 1.82) is 0 Å². The molecule has 1 N–H and O–H groups in total. The number of carbonyl (C=O) groups is 2. The van der Waals surface area contributed by atoms with Crippen LogP contribution in [0.3, 0.4) is 0 Å². The Kier molecular flexibility index (Phi) is 6.63. The third-order valence-electron chi connectivity index (χ3n) is 6.04. The predicted molar refractivity (Wildman–Crippen MR) is 111 cm³/mol. The molecule has 2 aliphatic rings. The van der Waals surface area contributed by atoms with E-state index in [2.05, 4.69) is 25.2 Å². The van der Waals surface area contributed by atoms with Crippen LogP contribution < -0.4 is 5.32 Å². The van der Waals surface area contributed by atoms with Crippen molar-refractivity contribution < 1.29 is 9.59 Å². The summed E-state index contributed by atoms with van der Waals surface area (Å²) >= 11 is 0. The van der Waals surface area contributed by atoms with Crippen molar-refractivity contribution in [2.75, 3.05) is 26.2 Å². The van der Waals surface area contributed by atoms with Crippen molar-refractivity contribution in [2.24, 2.45) is 5.92 Å². The van der Waals surface area contributed by atoms with Gasteiger partial charge in [-0.05, 0) is 44.4 Å². The third-order valence-corrected chi connectivity index (χ3v) is 6.04. The van der Waals surface area contributed by atoms with E-state index in [-0.39, 0.29) is 17.7 Å². The van der Waals surface area contributed by atoms with Crippen LogP contribution in [0.2, 0.25) is 0 Å². The maximum Gasteiger partial charge on any atom is 0.274 e. The largest absolute Gasteiger partial charge is 0.350 e. The number of carbonyl (C=O) groups excluding carboxylic acids is 2. The van der Waals surface area contributed by atoms with Crippen LogP contribution in [0.25, 0.3) is 0 Å². The van der Waals surface area contributed by atoms with Crippen LogP contribution in [0, 0.1) is 5.92 Å². The Morgan fingerprint density at radius 2 is 1.90 bits per heavy atom. The van der Waals surface area contributed by atoms with E-state index in [0.29, 0.717) is 31.4 Å². The maximum absolute atomic E-state index is 12.7. The Hall–Kier alpha value is -2.87. The molecule has 0 radical (unpaired) electrons. The molecule has 1 atom stereocenters. The summed E-state index contributed by atoms with van der Waals surface area (Å²) in [7, 11) is 0. The normalized spacial score (nSPS) is 20.7. The lowest BCUT2D eigenvalue weighted by atomic mass is 9.93. The molecule has 2 aromatic heterocycles. The summed E-state index contributed by atoms with van der Waals surface area (Å²) in [5, 5.41) is 3.04. The lowest BCUT2D eigenvalue weighted by Crippen LogP contribution is -2.51. The molecule has 4 rings (SSSR count). The van der Waals surface area contributed by atoms with Gasteiger partial charge in [-0.25, -0.2) is 4.98 Å². The molecule has 0 unspecified atom stereocenters. The van der Waals surface area contributed by atoms with Crippen LogP contribution in [0.1, 0.15) is 41.9 Å². The van der Waals surface area contributed by atoms with Gasteiger partial charge in [0.05, 0.1) is 24.4 Å². The highest BCUT2D eigenvalue weighted by molar-refractivity contribution is 5.92. The van der Waals surface area contributed by atoms with Crippen LogP contribution in [0.5, 0.6) is 0 Å². The van der Waals surface area contributed by atoms with Crippen molar-refractivity contribution in [3.8, 4) is 0 Å². The Labute approximate surface area is 176 Å². The summed E-state index contributed by atoms with van der Waals surface area (Å²) < 4.78 is 0. The third kappa shape index (κ3) is 4.99. The zero-order valence-corrected chi connectivity index (χ0v) is 17.1. The number of pyridine rings is 1. The van der Waals surface area contributed by atoms with Gasteiger partial charge in [0.1, 0.15) is 5.69 Å². The molecule has 0 spiro atoms. The number of likely N-dealkylation sites (tertiary alicyclic amines) is 2. The van der Waals surface area contributed by atoms with E-state index in [4.69, 9.17) is 0 Å². The van der Waals surface area contributed by atoms with Gasteiger partial charge in [0.15, 0.2) is 0 Å². The predicted octanol–water partition coefficient (Wildman–Crippen LogP) is 1.50. The molecule has 2 saturated heterocycles. The van der Waals surface area contributed by atoms with Crippen LogP contribution in [0.15, 0.2) is 43.0 Å². The molecule has 158 valence electrons. The van der Waals surface area contributed by atoms with E-state index >= 15 is 0 Å². The van der Waals surface area contributed by atoms with Gasteiger partial charge < -0.3 is 10.2 Å². The first-order chi connectivity index (χ1) is 14.7. The second kappa shape index (κ2) is 9.75. The average Bonchev–Trinajstić information content (AvgIpc) is 2.83. The topological polar surface area (TPSA) is 91.3 Å². The monoisotopic (exact) mass is 408 g/mol. The van der Waals surface area contributed by atoms with Gasteiger partial charge in [-0.2, -0.15) is 0 Å². The maximum atomic E-state index is 12.7. The van der Waals surface area contributed by atoms with E-state index in [1.807, 2.05) is 23.1 Å². The minimum atomic E-state index is -0.0491. The molecule has 2 aromatic rings. The van der Waals surface area contributed by atoms with Gasteiger partial charge in [0.2, 0.25) is 5.91 Å². The quantitative estimate of drug-likeness (QED) is 0.806. The number of nitrogens with one attached hydrogen (secondary N) is 1. The fourth-order valence-corrected chi connectivity index (χ4v) is 4.38. The van der Waals surface area contributed by atoms with E-state index in [1.165, 1.54) is 6.20 Å². The van der Waals surface area contributed by atoms with Gasteiger partial charge >= 0.3 is 0 Å². The number of nitrogens with zero attached hydrogens (tertiary/aromatic N) is 5. The Bertz CT molecular complexity index is 839. The summed E-state index contributed by atoms with van der Waals surface area (Å²) in [4.78, 5) is 41.9. The van der Waals surface area contributed by atoms with E-state index in [9.17, 15) is 9.59 Å². The van der Waals surface area contributed by atoms with Gasteiger partial charge in [-0.1, -0.05) is 6.07 Å². The van der Waals surface area contributed by atoms with Crippen LogP contribution in [-0.4, -0.2) is 68.8 Å². The molecule has 2 aliphatic heterocycles. The molecule has 2 fully saturated rings. The van der Waals surface area contributed by atoms with Gasteiger partial charge in [0.25, 0.3) is 5.91 Å². The number of rotatable bonds is 5. The summed E-state index contributed by atoms with van der Waals surface area (Å²) in [6.45, 7) is 3.71. The van der Waals surface area contributed by atoms with E-state index < -0.39 is 0 Å². The number of amides is 2. The van der Waals surface area contributed by atoms with Gasteiger partial charge in [-0.15, -0.1) is 0 Å². The van der Waals surface area contributed by atoms with E-state index in [1.54, 1.807) is 18.6 Å². The fourth-order valence-electron chi connectivity index (χ4n) is 4.38. The molecule has 8 nitrogen and oxygen atoms in total. The zero-order chi connectivity index (χ0) is 20.8. The summed E-state index contributed by atoms with van der Waals surface area (Å²) in [6, 6.07) is 6.14. The first kappa shape index (κ1) is 20.4. The molecule has 8 heteroatoms. The number of hydrogen-bond acceptors (Lipinski definition) is 6. The van der Waals surface area contributed by atoms with Crippen molar-refractivity contribution >= 4 is 11.8 Å². The van der Waals surface area contributed by atoms with Gasteiger partial charge in [-0.3, -0.25) is 24.5 Å². The minimum Gasteiger partial charge on any atom is -0.350 e. The molecular weight excluding hydrogens is 380 g/mol. The number of aromatic nitrogens is 3. The van der Waals surface area contributed by atoms with Crippen molar-refractivity contribution in [2.45, 2.75) is 38.3 Å². The number of piperidine rings is 2. The standard InChI is InChI=1S/C22H28N6O2/c29-21(26-14-18-5-1-2-8-24-18)17-4-3-11-28(16-17)19-6-12-27(13-7-19)22(30)20-15-23-9-10-25-20/h1-2,5,8-10,15,17,19H,3-4,6-7,11-14,16H2,(H,26,29)/t17-/m0/s1.